The van der Waals surface area contributed by atoms with Crippen LogP contribution in [0.1, 0.15) is 5.56 Å². The van der Waals surface area contributed by atoms with Gasteiger partial charge in [-0.3, -0.25) is 19.5 Å². The third kappa shape index (κ3) is 2.38. The minimum Gasteiger partial charge on any atom is -0.294 e. The van der Waals surface area contributed by atoms with E-state index < -0.39 is 4.92 Å². The maximum absolute atomic E-state index is 11.5. The number of hydrogen-bond donors (Lipinski definition) is 0. The molecule has 6 nitrogen and oxygen atoms in total. The van der Waals surface area contributed by atoms with Gasteiger partial charge >= 0.3 is 0 Å². The van der Waals surface area contributed by atoms with Crippen molar-refractivity contribution >= 4 is 17.3 Å². The zero-order valence-corrected chi connectivity index (χ0v) is 9.87. The van der Waals surface area contributed by atoms with Gasteiger partial charge in [-0.2, -0.15) is 0 Å². The molecule has 92 valence electrons. The van der Waals surface area contributed by atoms with Crippen LogP contribution in [0.3, 0.4) is 0 Å². The Morgan fingerprint density at radius 3 is 2.83 bits per heavy atom. The topological polar surface area (TPSA) is 78.0 Å². The second-order valence-electron chi connectivity index (χ2n) is 3.54. The van der Waals surface area contributed by atoms with E-state index in [-0.39, 0.29) is 22.8 Å². The van der Waals surface area contributed by atoms with Crippen molar-refractivity contribution < 1.29 is 4.92 Å². The van der Waals surface area contributed by atoms with E-state index in [1.165, 1.54) is 35.3 Å². The quantitative estimate of drug-likeness (QED) is 0.627. The lowest BCUT2D eigenvalue weighted by Gasteiger charge is -2.07. The summed E-state index contributed by atoms with van der Waals surface area (Å²) < 4.78 is 1.26. The lowest BCUT2D eigenvalue weighted by Crippen LogP contribution is -2.20. The zero-order chi connectivity index (χ0) is 13.1. The molecule has 1 aromatic heterocycles. The zero-order valence-electron chi connectivity index (χ0n) is 9.12. The van der Waals surface area contributed by atoms with Crippen LogP contribution in [0.15, 0.2) is 41.6 Å². The van der Waals surface area contributed by atoms with Crippen molar-refractivity contribution in [3.05, 3.63) is 67.8 Å². The summed E-state index contributed by atoms with van der Waals surface area (Å²) in [5, 5.41) is 11.1. The summed E-state index contributed by atoms with van der Waals surface area (Å²) in [5.74, 6) is 0. The Hall–Kier alpha value is -2.21. The molecule has 18 heavy (non-hydrogen) atoms. The van der Waals surface area contributed by atoms with Crippen LogP contribution >= 0.6 is 11.6 Å². The van der Waals surface area contributed by atoms with Gasteiger partial charge in [0.1, 0.15) is 0 Å². The molecular weight excluding hydrogens is 258 g/mol. The highest BCUT2D eigenvalue weighted by molar-refractivity contribution is 6.31. The Labute approximate surface area is 107 Å². The molecule has 0 unspecified atom stereocenters. The van der Waals surface area contributed by atoms with Gasteiger partial charge < -0.3 is 0 Å². The van der Waals surface area contributed by atoms with E-state index in [2.05, 4.69) is 4.98 Å². The first-order valence-electron chi connectivity index (χ1n) is 5.02. The van der Waals surface area contributed by atoms with Gasteiger partial charge in [-0.05, 0) is 6.07 Å². The Bertz CT molecular complexity index is 654. The lowest BCUT2D eigenvalue weighted by atomic mass is 10.2. The molecule has 0 aliphatic heterocycles. The SMILES string of the molecule is O=c1ccncn1Cc1c(Cl)cccc1[N+](=O)[O-]. The highest BCUT2D eigenvalue weighted by Gasteiger charge is 2.17. The van der Waals surface area contributed by atoms with E-state index in [1.54, 1.807) is 6.07 Å². The third-order valence-corrected chi connectivity index (χ3v) is 2.77. The van der Waals surface area contributed by atoms with Crippen LogP contribution in [-0.4, -0.2) is 14.5 Å². The van der Waals surface area contributed by atoms with Crippen molar-refractivity contribution in [3.8, 4) is 0 Å². The minimum atomic E-state index is -0.525. The molecule has 1 aromatic carbocycles. The van der Waals surface area contributed by atoms with Crippen molar-refractivity contribution in [2.75, 3.05) is 0 Å². The van der Waals surface area contributed by atoms with Crippen molar-refractivity contribution in [1.82, 2.24) is 9.55 Å². The fourth-order valence-corrected chi connectivity index (χ4v) is 1.77. The molecule has 0 bridgehead atoms. The first kappa shape index (κ1) is 12.3. The molecule has 2 rings (SSSR count). The maximum Gasteiger partial charge on any atom is 0.275 e. The van der Waals surface area contributed by atoms with Gasteiger partial charge in [-0.25, -0.2) is 4.98 Å². The Balaban J connectivity index is 2.50. The molecule has 0 aliphatic carbocycles. The summed E-state index contributed by atoms with van der Waals surface area (Å²) in [6, 6.07) is 5.67. The summed E-state index contributed by atoms with van der Waals surface area (Å²) in [6.45, 7) is 0.0165. The van der Waals surface area contributed by atoms with E-state index in [4.69, 9.17) is 11.6 Å². The number of nitro benzene ring substituents is 1. The van der Waals surface area contributed by atoms with E-state index in [0.717, 1.165) is 0 Å². The molecule has 0 saturated heterocycles. The largest absolute Gasteiger partial charge is 0.294 e. The van der Waals surface area contributed by atoms with Crippen LogP contribution in [0.4, 0.5) is 5.69 Å². The molecule has 0 N–H and O–H groups in total. The summed E-state index contributed by atoms with van der Waals surface area (Å²) >= 11 is 5.94. The van der Waals surface area contributed by atoms with Crippen LogP contribution in [-0.2, 0) is 6.54 Å². The summed E-state index contributed by atoms with van der Waals surface area (Å²) in [7, 11) is 0. The van der Waals surface area contributed by atoms with Crippen LogP contribution in [0.25, 0.3) is 0 Å². The Morgan fingerprint density at radius 2 is 2.17 bits per heavy atom. The smallest absolute Gasteiger partial charge is 0.275 e. The van der Waals surface area contributed by atoms with Crippen molar-refractivity contribution in [1.29, 1.82) is 0 Å². The number of halogens is 1. The second-order valence-corrected chi connectivity index (χ2v) is 3.95. The molecule has 0 fully saturated rings. The molecule has 0 spiro atoms. The Morgan fingerprint density at radius 1 is 1.39 bits per heavy atom. The average molecular weight is 266 g/mol. The average Bonchev–Trinajstić information content (AvgIpc) is 2.34. The van der Waals surface area contributed by atoms with Crippen LogP contribution in [0.2, 0.25) is 5.02 Å². The number of nitrogens with zero attached hydrogens (tertiary/aromatic N) is 3. The van der Waals surface area contributed by atoms with E-state index in [9.17, 15) is 14.9 Å². The molecule has 0 amide bonds. The predicted molar refractivity (Wildman–Crippen MR) is 65.7 cm³/mol. The number of aromatic nitrogens is 2. The van der Waals surface area contributed by atoms with Crippen molar-refractivity contribution in [2.24, 2.45) is 0 Å². The Kier molecular flexibility index (Phi) is 3.38. The monoisotopic (exact) mass is 265 g/mol. The van der Waals surface area contributed by atoms with Gasteiger partial charge in [0.05, 0.1) is 28.4 Å². The highest BCUT2D eigenvalue weighted by Crippen LogP contribution is 2.26. The summed E-state index contributed by atoms with van der Waals surface area (Å²) in [4.78, 5) is 25.7. The molecule has 7 heteroatoms. The van der Waals surface area contributed by atoms with Crippen molar-refractivity contribution in [2.45, 2.75) is 6.54 Å². The van der Waals surface area contributed by atoms with Gasteiger partial charge in [-0.1, -0.05) is 17.7 Å². The third-order valence-electron chi connectivity index (χ3n) is 2.41. The van der Waals surface area contributed by atoms with Crippen molar-refractivity contribution in [3.63, 3.8) is 0 Å². The van der Waals surface area contributed by atoms with Crippen LogP contribution in [0.5, 0.6) is 0 Å². The molecule has 1 heterocycles. The summed E-state index contributed by atoms with van der Waals surface area (Å²) in [6.07, 6.45) is 2.68. The van der Waals surface area contributed by atoms with Crippen LogP contribution < -0.4 is 5.56 Å². The van der Waals surface area contributed by atoms with Gasteiger partial charge in [0.15, 0.2) is 0 Å². The minimum absolute atomic E-state index is 0.0165. The fraction of sp³-hybridized carbons (Fsp3) is 0.0909. The summed E-state index contributed by atoms with van der Waals surface area (Å²) in [5.41, 5.74) is -0.114. The molecular formula is C11H8ClN3O3. The first-order valence-corrected chi connectivity index (χ1v) is 5.39. The number of benzene rings is 1. The first-order chi connectivity index (χ1) is 8.59. The van der Waals surface area contributed by atoms with E-state index in [1.807, 2.05) is 0 Å². The number of nitro groups is 1. The lowest BCUT2D eigenvalue weighted by molar-refractivity contribution is -0.385. The number of rotatable bonds is 3. The van der Waals surface area contributed by atoms with Gasteiger partial charge in [-0.15, -0.1) is 0 Å². The maximum atomic E-state index is 11.5. The molecule has 0 saturated carbocycles. The van der Waals surface area contributed by atoms with Crippen LogP contribution in [0, 0.1) is 10.1 Å². The van der Waals surface area contributed by atoms with Gasteiger partial charge in [0, 0.05) is 18.3 Å². The molecule has 0 aliphatic rings. The number of hydrogen-bond acceptors (Lipinski definition) is 4. The highest BCUT2D eigenvalue weighted by atomic mass is 35.5. The van der Waals surface area contributed by atoms with E-state index >= 15 is 0 Å². The molecule has 0 radical (unpaired) electrons. The van der Waals surface area contributed by atoms with E-state index in [0.29, 0.717) is 5.56 Å². The van der Waals surface area contributed by atoms with Gasteiger partial charge in [0.2, 0.25) is 0 Å². The normalized spacial score (nSPS) is 10.3. The molecule has 0 atom stereocenters. The standard InChI is InChI=1S/C11H8ClN3O3/c12-9-2-1-3-10(15(17)18)8(9)6-14-7-13-5-4-11(14)16/h1-5,7H,6H2. The fourth-order valence-electron chi connectivity index (χ4n) is 1.54. The molecule has 2 aromatic rings. The predicted octanol–water partition coefficient (Wildman–Crippen LogP) is 1.85. The second kappa shape index (κ2) is 4.97. The van der Waals surface area contributed by atoms with Gasteiger partial charge in [0.25, 0.3) is 11.2 Å².